The molecule has 0 radical (unpaired) electrons. The second-order valence-electron chi connectivity index (χ2n) is 7.49. The van der Waals surface area contributed by atoms with Gasteiger partial charge in [0.2, 0.25) is 0 Å². The number of hydrogen-bond donors (Lipinski definition) is 0. The first kappa shape index (κ1) is 24.6. The number of benzene rings is 2. The van der Waals surface area contributed by atoms with E-state index in [9.17, 15) is 14.4 Å². The van der Waals surface area contributed by atoms with Crippen molar-refractivity contribution < 1.29 is 19.1 Å². The molecule has 0 N–H and O–H groups in total. The number of carbonyl (C=O) groups excluding carboxylic acids is 3. The third-order valence-corrected chi connectivity index (χ3v) is 6.05. The Morgan fingerprint density at radius 1 is 0.939 bits per heavy atom. The molecule has 7 nitrogen and oxygen atoms in total. The van der Waals surface area contributed by atoms with Gasteiger partial charge in [0.05, 0.1) is 0 Å². The highest BCUT2D eigenvalue weighted by Gasteiger charge is 2.38. The molecule has 1 aliphatic rings. The molecule has 0 atom stereocenters. The van der Waals surface area contributed by atoms with E-state index in [1.165, 1.54) is 20.2 Å². The van der Waals surface area contributed by atoms with Crippen LogP contribution in [-0.4, -0.2) is 54.8 Å². The van der Waals surface area contributed by atoms with Crippen molar-refractivity contribution in [1.82, 2.24) is 9.80 Å². The van der Waals surface area contributed by atoms with Crippen molar-refractivity contribution in [3.8, 4) is 5.75 Å². The molecule has 1 aliphatic heterocycles. The van der Waals surface area contributed by atoms with Crippen LogP contribution < -0.4 is 9.64 Å². The molecule has 9 heteroatoms. The Balaban J connectivity index is 2.03. The Kier molecular flexibility index (Phi) is 7.66. The number of imide groups is 2. The summed E-state index contributed by atoms with van der Waals surface area (Å²) in [6.07, 6.45) is 1.45. The number of rotatable bonds is 7. The molecule has 174 valence electrons. The average Bonchev–Trinajstić information content (AvgIpc) is 2.80. The molecule has 1 saturated heterocycles. The van der Waals surface area contributed by atoms with Crippen LogP contribution in [-0.2, 0) is 16.2 Å². The molecule has 4 amide bonds. The molecule has 0 spiro atoms. The molecular formula is C24H25Cl2N3O4. The van der Waals surface area contributed by atoms with Crippen LogP contribution in [0, 0.1) is 0 Å². The van der Waals surface area contributed by atoms with Crippen LogP contribution in [0.2, 0.25) is 10.0 Å². The summed E-state index contributed by atoms with van der Waals surface area (Å²) in [7, 11) is 2.68. The van der Waals surface area contributed by atoms with Gasteiger partial charge in [0.1, 0.15) is 17.9 Å². The molecule has 0 unspecified atom stereocenters. The summed E-state index contributed by atoms with van der Waals surface area (Å²) in [5.41, 5.74) is 2.08. The third kappa shape index (κ3) is 5.15. The monoisotopic (exact) mass is 489 g/mol. The molecule has 2 aromatic rings. The van der Waals surface area contributed by atoms with Crippen LogP contribution in [0.1, 0.15) is 25.0 Å². The summed E-state index contributed by atoms with van der Waals surface area (Å²) in [6, 6.07) is 10.0. The lowest BCUT2D eigenvalue weighted by Crippen LogP contribution is -2.52. The maximum Gasteiger partial charge on any atom is 0.333 e. The SMILES string of the molecule is CCN(CC)c1ccc(C=C2C(=O)N(C)C(=O)N(C)C2=O)c(OCc2ccc(Cl)cc2Cl)c1. The fourth-order valence-corrected chi connectivity index (χ4v) is 3.94. The molecular weight excluding hydrogens is 465 g/mol. The van der Waals surface area contributed by atoms with Gasteiger partial charge < -0.3 is 9.64 Å². The summed E-state index contributed by atoms with van der Waals surface area (Å²) < 4.78 is 6.10. The predicted molar refractivity (Wildman–Crippen MR) is 130 cm³/mol. The number of hydrogen-bond acceptors (Lipinski definition) is 5. The highest BCUT2D eigenvalue weighted by Crippen LogP contribution is 2.31. The molecule has 0 saturated carbocycles. The van der Waals surface area contributed by atoms with Crippen LogP contribution in [0.3, 0.4) is 0 Å². The second kappa shape index (κ2) is 10.3. The van der Waals surface area contributed by atoms with Crippen molar-refractivity contribution in [1.29, 1.82) is 0 Å². The van der Waals surface area contributed by atoms with Gasteiger partial charge in [-0.2, -0.15) is 0 Å². The first-order chi connectivity index (χ1) is 15.7. The zero-order chi connectivity index (χ0) is 24.3. The lowest BCUT2D eigenvalue weighted by Gasteiger charge is -2.29. The van der Waals surface area contributed by atoms with Crippen molar-refractivity contribution in [2.24, 2.45) is 0 Å². The topological polar surface area (TPSA) is 70.2 Å². The largest absolute Gasteiger partial charge is 0.488 e. The van der Waals surface area contributed by atoms with Gasteiger partial charge in [-0.15, -0.1) is 0 Å². The minimum Gasteiger partial charge on any atom is -0.488 e. The normalized spacial score (nSPS) is 14.1. The Morgan fingerprint density at radius 3 is 2.15 bits per heavy atom. The van der Waals surface area contributed by atoms with E-state index in [4.69, 9.17) is 27.9 Å². The summed E-state index contributed by atoms with van der Waals surface area (Å²) in [4.78, 5) is 41.3. The van der Waals surface area contributed by atoms with Gasteiger partial charge >= 0.3 is 6.03 Å². The van der Waals surface area contributed by atoms with Crippen molar-refractivity contribution in [3.63, 3.8) is 0 Å². The van der Waals surface area contributed by atoms with E-state index in [1.54, 1.807) is 24.3 Å². The van der Waals surface area contributed by atoms with Crippen molar-refractivity contribution >= 4 is 52.8 Å². The molecule has 1 heterocycles. The smallest absolute Gasteiger partial charge is 0.333 e. The van der Waals surface area contributed by atoms with Gasteiger partial charge in [0.25, 0.3) is 11.8 Å². The van der Waals surface area contributed by atoms with E-state index in [0.717, 1.165) is 34.1 Å². The van der Waals surface area contributed by atoms with Crippen LogP contribution in [0.25, 0.3) is 6.08 Å². The van der Waals surface area contributed by atoms with E-state index >= 15 is 0 Å². The average molecular weight is 490 g/mol. The third-order valence-electron chi connectivity index (χ3n) is 5.47. The van der Waals surface area contributed by atoms with Gasteiger partial charge in [-0.25, -0.2) is 4.79 Å². The van der Waals surface area contributed by atoms with Crippen molar-refractivity contribution in [2.45, 2.75) is 20.5 Å². The van der Waals surface area contributed by atoms with Crippen LogP contribution >= 0.6 is 23.2 Å². The minimum atomic E-state index is -0.673. The molecule has 1 fully saturated rings. The maximum absolute atomic E-state index is 12.6. The quantitative estimate of drug-likeness (QED) is 0.410. The van der Waals surface area contributed by atoms with Crippen LogP contribution in [0.5, 0.6) is 5.75 Å². The number of likely N-dealkylation sites (N-methyl/N-ethyl adjacent to an activating group) is 2. The van der Waals surface area contributed by atoms with E-state index in [-0.39, 0.29) is 12.2 Å². The summed E-state index contributed by atoms with van der Waals surface area (Å²) in [6.45, 7) is 5.86. The van der Waals surface area contributed by atoms with Gasteiger partial charge in [-0.3, -0.25) is 19.4 Å². The van der Waals surface area contributed by atoms with Gasteiger partial charge in [-0.05, 0) is 44.2 Å². The highest BCUT2D eigenvalue weighted by atomic mass is 35.5. The van der Waals surface area contributed by atoms with Gasteiger partial charge in [0, 0.05) is 60.1 Å². The van der Waals surface area contributed by atoms with Crippen LogP contribution in [0.15, 0.2) is 42.0 Å². The Labute approximate surface area is 203 Å². The van der Waals surface area contributed by atoms with E-state index in [1.807, 2.05) is 12.1 Å². The van der Waals surface area contributed by atoms with E-state index in [2.05, 4.69) is 18.7 Å². The van der Waals surface area contributed by atoms with E-state index in [0.29, 0.717) is 21.4 Å². The minimum absolute atomic E-state index is 0.121. The number of nitrogens with zero attached hydrogens (tertiary/aromatic N) is 3. The standard InChI is InChI=1S/C24H25Cl2N3O4/c1-5-29(6-2)18-10-8-15(11-19-22(30)27(3)24(32)28(4)23(19)31)21(13-18)33-14-16-7-9-17(25)12-20(16)26/h7-13H,5-6,14H2,1-4H3. The van der Waals surface area contributed by atoms with Crippen molar-refractivity contribution in [2.75, 3.05) is 32.1 Å². The zero-order valence-corrected chi connectivity index (χ0v) is 20.4. The number of carbonyl (C=O) groups is 3. The molecule has 0 aliphatic carbocycles. The summed E-state index contributed by atoms with van der Waals surface area (Å²) in [5, 5.41) is 0.997. The Morgan fingerprint density at radius 2 is 1.58 bits per heavy atom. The molecule has 2 aromatic carbocycles. The number of ether oxygens (including phenoxy) is 1. The molecule has 0 bridgehead atoms. The fraction of sp³-hybridized carbons (Fsp3) is 0.292. The van der Waals surface area contributed by atoms with Gasteiger partial charge in [0.15, 0.2) is 0 Å². The van der Waals surface area contributed by atoms with Crippen molar-refractivity contribution in [3.05, 3.63) is 63.1 Å². The lowest BCUT2D eigenvalue weighted by atomic mass is 10.1. The number of halogens is 2. The molecule has 33 heavy (non-hydrogen) atoms. The number of barbiturate groups is 1. The lowest BCUT2D eigenvalue weighted by molar-refractivity contribution is -0.134. The second-order valence-corrected chi connectivity index (χ2v) is 8.33. The maximum atomic E-state index is 12.6. The fourth-order valence-electron chi connectivity index (χ4n) is 3.48. The Hall–Kier alpha value is -3.03. The first-order valence-electron chi connectivity index (χ1n) is 10.4. The zero-order valence-electron chi connectivity index (χ0n) is 18.9. The summed E-state index contributed by atoms with van der Waals surface area (Å²) >= 11 is 12.3. The molecule has 0 aromatic heterocycles. The number of anilines is 1. The van der Waals surface area contributed by atoms with Crippen LogP contribution in [0.4, 0.5) is 10.5 Å². The molecule has 3 rings (SSSR count). The van der Waals surface area contributed by atoms with E-state index < -0.39 is 17.8 Å². The Bertz CT molecular complexity index is 1100. The predicted octanol–water partition coefficient (Wildman–Crippen LogP) is 4.85. The highest BCUT2D eigenvalue weighted by molar-refractivity contribution is 6.35. The van der Waals surface area contributed by atoms with Gasteiger partial charge in [-0.1, -0.05) is 29.3 Å². The first-order valence-corrected chi connectivity index (χ1v) is 11.2. The summed E-state index contributed by atoms with van der Waals surface area (Å²) in [5.74, 6) is -0.856. The number of amides is 4. The number of urea groups is 1.